The van der Waals surface area contributed by atoms with Crippen LogP contribution >= 0.6 is 24.0 Å². The zero-order valence-electron chi connectivity index (χ0n) is 12.4. The van der Waals surface area contributed by atoms with Crippen molar-refractivity contribution in [3.05, 3.63) is 28.8 Å². The number of amides is 1. The number of benzene rings is 1. The highest BCUT2D eigenvalue weighted by Gasteiger charge is 2.29. The highest BCUT2D eigenvalue weighted by Crippen LogP contribution is 2.37. The van der Waals surface area contributed by atoms with E-state index in [1.54, 1.807) is 0 Å². The zero-order valence-corrected chi connectivity index (χ0v) is 14.0. The summed E-state index contributed by atoms with van der Waals surface area (Å²) in [5.41, 5.74) is 7.01. The van der Waals surface area contributed by atoms with Crippen LogP contribution in [0.3, 0.4) is 0 Å². The summed E-state index contributed by atoms with van der Waals surface area (Å²) in [6.07, 6.45) is 4.53. The van der Waals surface area contributed by atoms with E-state index in [1.807, 2.05) is 18.2 Å². The number of nitrogens with one attached hydrogen (secondary N) is 1. The van der Waals surface area contributed by atoms with Crippen molar-refractivity contribution in [2.75, 3.05) is 6.61 Å². The number of nitrogens with two attached hydrogens (primary N) is 1. The number of hydrogen-bond donors (Lipinski definition) is 2. The van der Waals surface area contributed by atoms with Crippen LogP contribution in [0.15, 0.2) is 18.2 Å². The third kappa shape index (κ3) is 3.67. The number of para-hydroxylation sites is 1. The lowest BCUT2D eigenvalue weighted by Crippen LogP contribution is -2.35. The van der Waals surface area contributed by atoms with Crippen LogP contribution in [0, 0.1) is 5.92 Å². The van der Waals surface area contributed by atoms with Crippen molar-refractivity contribution in [1.29, 1.82) is 0 Å². The molecule has 3 rings (SSSR count). The predicted octanol–water partition coefficient (Wildman–Crippen LogP) is 3.22. The minimum absolute atomic E-state index is 0. The number of ether oxygens (including phenoxy) is 1. The Labute approximate surface area is 142 Å². The van der Waals surface area contributed by atoms with E-state index in [9.17, 15) is 4.79 Å². The molecule has 0 saturated heterocycles. The van der Waals surface area contributed by atoms with E-state index in [0.717, 1.165) is 31.2 Å². The Balaban J connectivity index is 0.00000176. The van der Waals surface area contributed by atoms with Crippen LogP contribution in [0.5, 0.6) is 5.75 Å². The highest BCUT2D eigenvalue weighted by atomic mass is 35.5. The molecule has 1 aliphatic carbocycles. The molecule has 1 heterocycles. The van der Waals surface area contributed by atoms with Gasteiger partial charge in [-0.05, 0) is 24.8 Å². The summed E-state index contributed by atoms with van der Waals surface area (Å²) < 4.78 is 5.61. The first-order valence-corrected chi connectivity index (χ1v) is 7.99. The lowest BCUT2D eigenvalue weighted by atomic mass is 9.97. The molecule has 0 bridgehead atoms. The van der Waals surface area contributed by atoms with Gasteiger partial charge in [-0.2, -0.15) is 0 Å². The van der Waals surface area contributed by atoms with Crippen LogP contribution in [-0.4, -0.2) is 18.6 Å². The molecule has 2 aliphatic rings. The number of halogens is 2. The molecule has 0 spiro atoms. The third-order valence-electron chi connectivity index (χ3n) is 4.53. The van der Waals surface area contributed by atoms with Crippen molar-refractivity contribution in [3.8, 4) is 5.75 Å². The fourth-order valence-electron chi connectivity index (χ4n) is 3.35. The maximum atomic E-state index is 12.3. The van der Waals surface area contributed by atoms with Crippen molar-refractivity contribution in [1.82, 2.24) is 5.32 Å². The fourth-order valence-corrected chi connectivity index (χ4v) is 3.58. The zero-order chi connectivity index (χ0) is 14.8. The monoisotopic (exact) mass is 344 g/mol. The van der Waals surface area contributed by atoms with Gasteiger partial charge in [0.2, 0.25) is 5.91 Å². The smallest absolute Gasteiger partial charge is 0.220 e. The summed E-state index contributed by atoms with van der Waals surface area (Å²) in [5, 5.41) is 3.72. The molecule has 3 atom stereocenters. The van der Waals surface area contributed by atoms with Gasteiger partial charge < -0.3 is 15.8 Å². The molecule has 0 aromatic heterocycles. The molecule has 1 saturated carbocycles. The van der Waals surface area contributed by atoms with Crippen LogP contribution < -0.4 is 15.8 Å². The Bertz CT molecular complexity index is 539. The maximum Gasteiger partial charge on any atom is 0.220 e. The van der Waals surface area contributed by atoms with Crippen molar-refractivity contribution >= 4 is 29.9 Å². The number of hydrogen-bond acceptors (Lipinski definition) is 3. The number of carbonyl (C=O) groups excluding carboxylic acids is 1. The molecule has 1 fully saturated rings. The Morgan fingerprint density at radius 1 is 1.36 bits per heavy atom. The first kappa shape index (κ1) is 17.4. The Kier molecular flexibility index (Phi) is 5.95. The van der Waals surface area contributed by atoms with Gasteiger partial charge >= 0.3 is 0 Å². The van der Waals surface area contributed by atoms with Crippen LogP contribution in [0.25, 0.3) is 0 Å². The molecule has 1 aliphatic heterocycles. The van der Waals surface area contributed by atoms with E-state index in [1.165, 1.54) is 0 Å². The Morgan fingerprint density at radius 3 is 2.91 bits per heavy atom. The van der Waals surface area contributed by atoms with Crippen molar-refractivity contribution in [3.63, 3.8) is 0 Å². The Morgan fingerprint density at radius 2 is 2.18 bits per heavy atom. The van der Waals surface area contributed by atoms with Crippen LogP contribution in [0.1, 0.15) is 43.7 Å². The lowest BCUT2D eigenvalue weighted by molar-refractivity contribution is -0.123. The fraction of sp³-hybridized carbons (Fsp3) is 0.562. The second kappa shape index (κ2) is 7.53. The number of fused-ring (bicyclic) bond motifs is 1. The number of rotatable bonds is 3. The molecular weight excluding hydrogens is 323 g/mol. The minimum atomic E-state index is -0.0161. The largest absolute Gasteiger partial charge is 0.492 e. The van der Waals surface area contributed by atoms with E-state index in [2.05, 4.69) is 5.32 Å². The van der Waals surface area contributed by atoms with Gasteiger partial charge in [0.05, 0.1) is 17.7 Å². The molecule has 4 nitrogen and oxygen atoms in total. The molecule has 1 aromatic rings. The molecule has 1 amide bonds. The van der Waals surface area contributed by atoms with Gasteiger partial charge in [-0.1, -0.05) is 30.2 Å². The van der Waals surface area contributed by atoms with Gasteiger partial charge in [0.25, 0.3) is 0 Å². The first-order valence-electron chi connectivity index (χ1n) is 7.61. The van der Waals surface area contributed by atoms with Gasteiger partial charge in [-0.25, -0.2) is 0 Å². The van der Waals surface area contributed by atoms with Gasteiger partial charge in [0.15, 0.2) is 0 Å². The summed E-state index contributed by atoms with van der Waals surface area (Å²) in [7, 11) is 0. The summed E-state index contributed by atoms with van der Waals surface area (Å²) in [4.78, 5) is 12.3. The van der Waals surface area contributed by atoms with E-state index < -0.39 is 0 Å². The van der Waals surface area contributed by atoms with Crippen LogP contribution in [0.2, 0.25) is 5.02 Å². The van der Waals surface area contributed by atoms with Crippen molar-refractivity contribution in [2.45, 2.75) is 44.2 Å². The lowest BCUT2D eigenvalue weighted by Gasteiger charge is -2.28. The van der Waals surface area contributed by atoms with Gasteiger partial charge in [-0.15, -0.1) is 12.4 Å². The SMILES string of the molecule is Cl.N[C@@H]1CCC[C@H]1CC(=O)NC1CCOc2c(Cl)cccc21. The quantitative estimate of drug-likeness (QED) is 0.884. The van der Waals surface area contributed by atoms with Crippen molar-refractivity contribution in [2.24, 2.45) is 11.7 Å². The van der Waals surface area contributed by atoms with Gasteiger partial charge in [0, 0.05) is 24.4 Å². The maximum absolute atomic E-state index is 12.3. The first-order chi connectivity index (χ1) is 10.1. The molecule has 0 radical (unpaired) electrons. The standard InChI is InChI=1S/C16H21ClN2O2.ClH/c17-12-5-2-4-11-14(7-8-21-16(11)12)19-15(20)9-10-3-1-6-13(10)18;/h2,4-5,10,13-14H,1,3,6-9,18H2,(H,19,20);1H/t10-,13+,14?;/m0./s1. The van der Waals surface area contributed by atoms with E-state index >= 15 is 0 Å². The molecule has 1 aromatic carbocycles. The summed E-state index contributed by atoms with van der Waals surface area (Å²) in [6.45, 7) is 0.574. The minimum Gasteiger partial charge on any atom is -0.492 e. The summed E-state index contributed by atoms with van der Waals surface area (Å²) in [5.74, 6) is 1.10. The van der Waals surface area contributed by atoms with E-state index in [4.69, 9.17) is 22.1 Å². The van der Waals surface area contributed by atoms with Gasteiger partial charge in [-0.3, -0.25) is 4.79 Å². The molecule has 1 unspecified atom stereocenters. The molecule has 6 heteroatoms. The second-order valence-corrected chi connectivity index (χ2v) is 6.38. The second-order valence-electron chi connectivity index (χ2n) is 5.97. The average molecular weight is 345 g/mol. The van der Waals surface area contributed by atoms with Crippen molar-refractivity contribution < 1.29 is 9.53 Å². The number of carbonyl (C=O) groups is 1. The van der Waals surface area contributed by atoms with E-state index in [0.29, 0.717) is 29.7 Å². The third-order valence-corrected chi connectivity index (χ3v) is 4.82. The predicted molar refractivity (Wildman–Crippen MR) is 89.6 cm³/mol. The normalized spacial score (nSPS) is 26.5. The molecule has 3 N–H and O–H groups in total. The molecule has 22 heavy (non-hydrogen) atoms. The topological polar surface area (TPSA) is 64.4 Å². The van der Waals surface area contributed by atoms with Crippen LogP contribution in [0.4, 0.5) is 0 Å². The van der Waals surface area contributed by atoms with Crippen LogP contribution in [-0.2, 0) is 4.79 Å². The summed E-state index contributed by atoms with van der Waals surface area (Å²) in [6, 6.07) is 5.82. The Hall–Kier alpha value is -0.970. The molecular formula is C16H22Cl2N2O2. The summed E-state index contributed by atoms with van der Waals surface area (Å²) >= 11 is 6.15. The van der Waals surface area contributed by atoms with E-state index in [-0.39, 0.29) is 30.4 Å². The average Bonchev–Trinajstić information content (AvgIpc) is 2.85. The van der Waals surface area contributed by atoms with Gasteiger partial charge in [0.1, 0.15) is 5.75 Å². The highest BCUT2D eigenvalue weighted by molar-refractivity contribution is 6.32. The molecule has 122 valence electrons.